The highest BCUT2D eigenvalue weighted by Gasteiger charge is 2.27. The fourth-order valence-corrected chi connectivity index (χ4v) is 4.03. The van der Waals surface area contributed by atoms with Crippen LogP contribution in [0.3, 0.4) is 0 Å². The molecule has 2 aliphatic heterocycles. The lowest BCUT2D eigenvalue weighted by molar-refractivity contribution is 0.136. The summed E-state index contributed by atoms with van der Waals surface area (Å²) >= 11 is 0. The van der Waals surface area contributed by atoms with E-state index in [1.807, 2.05) is 6.20 Å². The number of piperidine rings is 1. The quantitative estimate of drug-likeness (QED) is 0.926. The lowest BCUT2D eigenvalue weighted by Gasteiger charge is -2.36. The van der Waals surface area contributed by atoms with E-state index in [9.17, 15) is 5.11 Å². The average molecular weight is 291 g/mol. The van der Waals surface area contributed by atoms with E-state index in [2.05, 4.69) is 23.3 Å². The molecule has 2 aliphatic rings. The van der Waals surface area contributed by atoms with Gasteiger partial charge in [0.15, 0.2) is 0 Å². The minimum absolute atomic E-state index is 0.249. The van der Waals surface area contributed by atoms with Gasteiger partial charge < -0.3 is 14.6 Å². The number of likely N-dealkylation sites (tertiary alicyclic amines) is 1. The first-order valence-corrected chi connectivity index (χ1v) is 8.59. The SMILES string of the molecule is CC(C)N1CCCC(Cc2ncc3n2C(CO)CCC3)C1. The van der Waals surface area contributed by atoms with Crippen molar-refractivity contribution in [2.24, 2.45) is 5.92 Å². The van der Waals surface area contributed by atoms with Crippen LogP contribution in [-0.2, 0) is 12.8 Å². The highest BCUT2D eigenvalue weighted by atomic mass is 16.3. The standard InChI is InChI=1S/C17H29N3O/c1-13(2)19-8-4-5-14(11-19)9-17-18-10-15-6-3-7-16(12-21)20(15)17/h10,13-14,16,21H,3-9,11-12H2,1-2H3. The molecule has 0 amide bonds. The number of fused-ring (bicyclic) bond motifs is 1. The summed E-state index contributed by atoms with van der Waals surface area (Å²) in [4.78, 5) is 7.29. The monoisotopic (exact) mass is 291 g/mol. The summed E-state index contributed by atoms with van der Waals surface area (Å²) in [6.45, 7) is 7.28. The molecule has 3 rings (SSSR count). The summed E-state index contributed by atoms with van der Waals surface area (Å²) in [6.07, 6.45) is 9.12. The van der Waals surface area contributed by atoms with Gasteiger partial charge in [0.2, 0.25) is 0 Å². The minimum atomic E-state index is 0.249. The zero-order valence-electron chi connectivity index (χ0n) is 13.5. The number of imidazole rings is 1. The normalized spacial score (nSPS) is 27.0. The van der Waals surface area contributed by atoms with Crippen LogP contribution in [0.25, 0.3) is 0 Å². The van der Waals surface area contributed by atoms with E-state index in [-0.39, 0.29) is 12.6 Å². The van der Waals surface area contributed by atoms with Crippen molar-refractivity contribution in [2.45, 2.75) is 64.5 Å². The second-order valence-electron chi connectivity index (χ2n) is 7.07. The Bertz CT molecular complexity index is 469. The minimum Gasteiger partial charge on any atom is -0.394 e. The highest BCUT2D eigenvalue weighted by molar-refractivity contribution is 5.11. The molecule has 4 nitrogen and oxygen atoms in total. The van der Waals surface area contributed by atoms with Gasteiger partial charge in [0.05, 0.1) is 12.6 Å². The number of aryl methyl sites for hydroxylation is 1. The zero-order chi connectivity index (χ0) is 14.8. The predicted molar refractivity (Wildman–Crippen MR) is 84.4 cm³/mol. The van der Waals surface area contributed by atoms with Crippen LogP contribution in [0.4, 0.5) is 0 Å². The van der Waals surface area contributed by atoms with Crippen LogP contribution in [0, 0.1) is 5.92 Å². The van der Waals surface area contributed by atoms with Crippen molar-refractivity contribution < 1.29 is 5.11 Å². The smallest absolute Gasteiger partial charge is 0.109 e. The third kappa shape index (κ3) is 3.16. The van der Waals surface area contributed by atoms with Crippen molar-refractivity contribution in [1.82, 2.24) is 14.5 Å². The molecule has 0 saturated carbocycles. The maximum Gasteiger partial charge on any atom is 0.109 e. The number of hydrogen-bond donors (Lipinski definition) is 1. The Morgan fingerprint density at radius 3 is 2.95 bits per heavy atom. The molecule has 1 saturated heterocycles. The first-order chi connectivity index (χ1) is 10.2. The summed E-state index contributed by atoms with van der Waals surface area (Å²) in [7, 11) is 0. The molecular formula is C17H29N3O. The summed E-state index contributed by atoms with van der Waals surface area (Å²) < 4.78 is 2.35. The van der Waals surface area contributed by atoms with E-state index in [0.717, 1.165) is 19.3 Å². The maximum atomic E-state index is 9.64. The van der Waals surface area contributed by atoms with Gasteiger partial charge >= 0.3 is 0 Å². The lowest BCUT2D eigenvalue weighted by Crippen LogP contribution is -2.40. The van der Waals surface area contributed by atoms with Crippen molar-refractivity contribution >= 4 is 0 Å². The van der Waals surface area contributed by atoms with Gasteiger partial charge in [-0.15, -0.1) is 0 Å². The Hall–Kier alpha value is -0.870. The van der Waals surface area contributed by atoms with Crippen LogP contribution >= 0.6 is 0 Å². The molecule has 0 bridgehead atoms. The third-order valence-corrected chi connectivity index (χ3v) is 5.25. The molecule has 21 heavy (non-hydrogen) atoms. The summed E-state index contributed by atoms with van der Waals surface area (Å²) in [5, 5.41) is 9.64. The van der Waals surface area contributed by atoms with Crippen LogP contribution in [0.2, 0.25) is 0 Å². The number of aliphatic hydroxyl groups is 1. The van der Waals surface area contributed by atoms with Gasteiger partial charge in [0, 0.05) is 30.9 Å². The van der Waals surface area contributed by atoms with Crippen molar-refractivity contribution in [3.8, 4) is 0 Å². The van der Waals surface area contributed by atoms with Crippen molar-refractivity contribution in [3.63, 3.8) is 0 Å². The Kier molecular flexibility index (Phi) is 4.65. The average Bonchev–Trinajstić information content (AvgIpc) is 2.91. The lowest BCUT2D eigenvalue weighted by atomic mass is 9.93. The van der Waals surface area contributed by atoms with Crippen molar-refractivity contribution in [3.05, 3.63) is 17.7 Å². The van der Waals surface area contributed by atoms with Gasteiger partial charge in [-0.1, -0.05) is 0 Å². The van der Waals surface area contributed by atoms with E-state index in [0.29, 0.717) is 12.0 Å². The fourth-order valence-electron chi connectivity index (χ4n) is 4.03. The fraction of sp³-hybridized carbons (Fsp3) is 0.824. The van der Waals surface area contributed by atoms with Gasteiger partial charge in [-0.05, 0) is 58.4 Å². The van der Waals surface area contributed by atoms with Gasteiger partial charge in [0.25, 0.3) is 0 Å². The molecule has 118 valence electrons. The van der Waals surface area contributed by atoms with Gasteiger partial charge in [-0.2, -0.15) is 0 Å². The Balaban J connectivity index is 1.72. The van der Waals surface area contributed by atoms with E-state index < -0.39 is 0 Å². The highest BCUT2D eigenvalue weighted by Crippen LogP contribution is 2.29. The second kappa shape index (κ2) is 6.49. The Morgan fingerprint density at radius 1 is 1.33 bits per heavy atom. The molecule has 1 aromatic heterocycles. The predicted octanol–water partition coefficient (Wildman–Crippen LogP) is 2.42. The molecule has 1 aromatic rings. The van der Waals surface area contributed by atoms with Crippen molar-refractivity contribution in [1.29, 1.82) is 0 Å². The molecule has 0 aliphatic carbocycles. The topological polar surface area (TPSA) is 41.3 Å². The Morgan fingerprint density at radius 2 is 2.19 bits per heavy atom. The van der Waals surface area contributed by atoms with Crippen molar-refractivity contribution in [2.75, 3.05) is 19.7 Å². The molecule has 2 unspecified atom stereocenters. The van der Waals surface area contributed by atoms with Crippen LogP contribution in [0.15, 0.2) is 6.20 Å². The molecule has 0 spiro atoms. The van der Waals surface area contributed by atoms with Crippen LogP contribution < -0.4 is 0 Å². The molecule has 2 atom stereocenters. The Labute approximate surface area is 128 Å². The maximum absolute atomic E-state index is 9.64. The summed E-state index contributed by atoms with van der Waals surface area (Å²) in [6, 6.07) is 0.906. The number of rotatable bonds is 4. The second-order valence-corrected chi connectivity index (χ2v) is 7.07. The van der Waals surface area contributed by atoms with Gasteiger partial charge in [-0.25, -0.2) is 4.98 Å². The molecule has 3 heterocycles. The number of aliphatic hydroxyl groups excluding tert-OH is 1. The van der Waals surface area contributed by atoms with E-state index in [1.165, 1.54) is 43.9 Å². The van der Waals surface area contributed by atoms with E-state index in [1.54, 1.807) is 0 Å². The first-order valence-electron chi connectivity index (χ1n) is 8.59. The van der Waals surface area contributed by atoms with Crippen LogP contribution in [0.5, 0.6) is 0 Å². The number of aromatic nitrogens is 2. The largest absolute Gasteiger partial charge is 0.394 e. The van der Waals surface area contributed by atoms with E-state index in [4.69, 9.17) is 4.98 Å². The number of nitrogens with zero attached hydrogens (tertiary/aromatic N) is 3. The molecular weight excluding hydrogens is 262 g/mol. The summed E-state index contributed by atoms with van der Waals surface area (Å²) in [5.74, 6) is 1.92. The molecule has 0 radical (unpaired) electrons. The third-order valence-electron chi connectivity index (χ3n) is 5.25. The van der Waals surface area contributed by atoms with Gasteiger partial charge in [0.1, 0.15) is 5.82 Å². The zero-order valence-corrected chi connectivity index (χ0v) is 13.5. The summed E-state index contributed by atoms with van der Waals surface area (Å²) in [5.41, 5.74) is 1.33. The molecule has 1 fully saturated rings. The van der Waals surface area contributed by atoms with Crippen LogP contribution in [0.1, 0.15) is 57.1 Å². The number of hydrogen-bond acceptors (Lipinski definition) is 3. The first kappa shape index (κ1) is 15.0. The van der Waals surface area contributed by atoms with Gasteiger partial charge in [-0.3, -0.25) is 0 Å². The molecule has 1 N–H and O–H groups in total. The molecule has 4 heteroatoms. The van der Waals surface area contributed by atoms with E-state index >= 15 is 0 Å². The van der Waals surface area contributed by atoms with Crippen LogP contribution in [-0.4, -0.2) is 45.3 Å². The molecule has 0 aromatic carbocycles.